The molecule has 8 nitrogen and oxygen atoms in total. The van der Waals surface area contributed by atoms with Crippen LogP contribution in [0.1, 0.15) is 72.5 Å². The molecule has 2 aromatic rings. The molecule has 1 saturated carbocycles. The van der Waals surface area contributed by atoms with E-state index in [1.807, 2.05) is 44.2 Å². The number of amides is 4. The fourth-order valence-electron chi connectivity index (χ4n) is 4.25. The van der Waals surface area contributed by atoms with Gasteiger partial charge in [0.05, 0.1) is 0 Å². The van der Waals surface area contributed by atoms with Crippen LogP contribution in [0.3, 0.4) is 0 Å². The lowest BCUT2D eigenvalue weighted by Crippen LogP contribution is -2.52. The van der Waals surface area contributed by atoms with Crippen LogP contribution in [0, 0.1) is 0 Å². The van der Waals surface area contributed by atoms with Crippen LogP contribution in [0.4, 0.5) is 10.5 Å². The van der Waals surface area contributed by atoms with E-state index in [2.05, 4.69) is 10.6 Å². The largest absolute Gasteiger partial charge is 0.444 e. The molecule has 2 aliphatic heterocycles. The van der Waals surface area contributed by atoms with Gasteiger partial charge in [-0.05, 0) is 60.1 Å². The number of imide groups is 1. The van der Waals surface area contributed by atoms with Crippen LogP contribution in [0.25, 0.3) is 0 Å². The zero-order chi connectivity index (χ0) is 24.2. The highest BCUT2D eigenvalue weighted by Gasteiger charge is 2.39. The number of fused-ring (bicyclic) bond motifs is 1. The van der Waals surface area contributed by atoms with Crippen molar-refractivity contribution < 1.29 is 23.9 Å². The van der Waals surface area contributed by atoms with E-state index in [-0.39, 0.29) is 24.8 Å². The third-order valence-electron chi connectivity index (χ3n) is 6.17. The van der Waals surface area contributed by atoms with Gasteiger partial charge in [-0.2, -0.15) is 0 Å². The van der Waals surface area contributed by atoms with Gasteiger partial charge in [-0.3, -0.25) is 25.0 Å². The van der Waals surface area contributed by atoms with E-state index in [1.165, 1.54) is 23.3 Å². The van der Waals surface area contributed by atoms with E-state index in [1.54, 1.807) is 12.1 Å². The SMILES string of the molecule is CC.O=C1CCC(N2Cc3ccc(COC(=O)Nc4ccc(C5CC5)cc4)cc3C2=O)C(=O)N1. The van der Waals surface area contributed by atoms with Gasteiger partial charge in [-0.1, -0.05) is 38.1 Å². The molecule has 0 aromatic heterocycles. The average molecular weight is 464 g/mol. The molecule has 2 fully saturated rings. The number of ether oxygens (including phenoxy) is 1. The molecule has 2 aromatic carbocycles. The maximum Gasteiger partial charge on any atom is 0.411 e. The molecule has 1 atom stereocenters. The Balaban J connectivity index is 0.00000133. The van der Waals surface area contributed by atoms with Crippen LogP contribution < -0.4 is 10.6 Å². The van der Waals surface area contributed by atoms with Gasteiger partial charge in [0.2, 0.25) is 11.8 Å². The Morgan fingerprint density at radius 3 is 2.47 bits per heavy atom. The number of anilines is 1. The predicted molar refractivity (Wildman–Crippen MR) is 126 cm³/mol. The number of hydrogen-bond acceptors (Lipinski definition) is 5. The topological polar surface area (TPSA) is 105 Å². The number of nitrogens with zero attached hydrogens (tertiary/aromatic N) is 1. The standard InChI is InChI=1S/C24H23N3O5.C2H6/c28-21-10-9-20(22(29)26-21)27-12-17-2-1-14(11-19(17)23(27)30)13-32-24(31)25-18-7-5-16(6-8-18)15-3-4-15;1-2/h1-2,5-8,11,15,20H,3-4,9-10,12-13H2,(H,25,31)(H,26,28,29);1-2H3. The fraction of sp³-hybridized carbons (Fsp3) is 0.385. The summed E-state index contributed by atoms with van der Waals surface area (Å²) in [6.07, 6.45) is 2.42. The van der Waals surface area contributed by atoms with Gasteiger partial charge in [0.25, 0.3) is 5.91 Å². The smallest absolute Gasteiger partial charge is 0.411 e. The molecule has 3 aliphatic rings. The first kappa shape index (κ1) is 23.5. The highest BCUT2D eigenvalue weighted by molar-refractivity contribution is 6.05. The zero-order valence-electron chi connectivity index (χ0n) is 19.4. The molecule has 2 heterocycles. The molecule has 0 bridgehead atoms. The zero-order valence-corrected chi connectivity index (χ0v) is 19.4. The van der Waals surface area contributed by atoms with Crippen LogP contribution in [-0.2, 0) is 27.5 Å². The molecule has 1 aliphatic carbocycles. The van der Waals surface area contributed by atoms with Crippen LogP contribution in [-0.4, -0.2) is 34.8 Å². The number of rotatable bonds is 5. The van der Waals surface area contributed by atoms with Crippen molar-refractivity contribution in [2.45, 2.75) is 64.6 Å². The predicted octanol–water partition coefficient (Wildman–Crippen LogP) is 4.10. The van der Waals surface area contributed by atoms with Crippen molar-refractivity contribution in [2.75, 3.05) is 5.32 Å². The number of nitrogens with one attached hydrogen (secondary N) is 2. The van der Waals surface area contributed by atoms with Gasteiger partial charge >= 0.3 is 6.09 Å². The van der Waals surface area contributed by atoms with Crippen molar-refractivity contribution in [3.63, 3.8) is 0 Å². The number of piperidine rings is 1. The first-order chi connectivity index (χ1) is 16.5. The Labute approximate surface area is 198 Å². The minimum absolute atomic E-state index is 0.0188. The lowest BCUT2D eigenvalue weighted by atomic mass is 10.0. The maximum atomic E-state index is 12.9. The average Bonchev–Trinajstić information content (AvgIpc) is 3.64. The first-order valence-electron chi connectivity index (χ1n) is 11.8. The molecule has 34 heavy (non-hydrogen) atoms. The molecule has 2 N–H and O–H groups in total. The third-order valence-corrected chi connectivity index (χ3v) is 6.17. The summed E-state index contributed by atoms with van der Waals surface area (Å²) in [5.74, 6) is -0.347. The fourth-order valence-corrected chi connectivity index (χ4v) is 4.25. The highest BCUT2D eigenvalue weighted by Crippen LogP contribution is 2.40. The van der Waals surface area contributed by atoms with Crippen molar-refractivity contribution in [1.29, 1.82) is 0 Å². The summed E-state index contributed by atoms with van der Waals surface area (Å²) in [6.45, 7) is 4.34. The van der Waals surface area contributed by atoms with Crippen LogP contribution in [0.2, 0.25) is 0 Å². The van der Waals surface area contributed by atoms with E-state index in [0.29, 0.717) is 35.7 Å². The van der Waals surface area contributed by atoms with Crippen molar-refractivity contribution in [3.05, 3.63) is 64.7 Å². The molecule has 178 valence electrons. The summed E-state index contributed by atoms with van der Waals surface area (Å²) in [6, 6.07) is 12.4. The second-order valence-electron chi connectivity index (χ2n) is 8.49. The summed E-state index contributed by atoms with van der Waals surface area (Å²) in [5, 5.41) is 5.00. The summed E-state index contributed by atoms with van der Waals surface area (Å²) < 4.78 is 5.31. The van der Waals surface area contributed by atoms with Crippen molar-refractivity contribution >= 4 is 29.5 Å². The quantitative estimate of drug-likeness (QED) is 0.650. The monoisotopic (exact) mass is 463 g/mol. The Hall–Kier alpha value is -3.68. The lowest BCUT2D eigenvalue weighted by molar-refractivity contribution is -0.136. The molecule has 8 heteroatoms. The maximum absolute atomic E-state index is 12.9. The van der Waals surface area contributed by atoms with E-state index >= 15 is 0 Å². The Kier molecular flexibility index (Phi) is 6.95. The normalized spacial score (nSPS) is 19.1. The van der Waals surface area contributed by atoms with Gasteiger partial charge in [-0.25, -0.2) is 4.79 Å². The minimum atomic E-state index is -0.649. The number of carbonyl (C=O) groups is 4. The number of hydrogen-bond donors (Lipinski definition) is 2. The number of benzene rings is 2. The van der Waals surface area contributed by atoms with Gasteiger partial charge in [0, 0.05) is 24.2 Å². The Bertz CT molecular complexity index is 1110. The molecular weight excluding hydrogens is 434 g/mol. The van der Waals surface area contributed by atoms with Crippen molar-refractivity contribution in [2.24, 2.45) is 0 Å². The molecule has 4 amide bonds. The van der Waals surface area contributed by atoms with Gasteiger partial charge in [-0.15, -0.1) is 0 Å². The first-order valence-corrected chi connectivity index (χ1v) is 11.8. The number of carbonyl (C=O) groups excluding carboxylic acids is 4. The summed E-state index contributed by atoms with van der Waals surface area (Å²) in [7, 11) is 0. The van der Waals surface area contributed by atoms with Gasteiger partial charge in [0.15, 0.2) is 0 Å². The van der Waals surface area contributed by atoms with E-state index in [4.69, 9.17) is 4.74 Å². The Morgan fingerprint density at radius 1 is 1.06 bits per heavy atom. The second-order valence-corrected chi connectivity index (χ2v) is 8.49. The third kappa shape index (κ3) is 5.11. The molecule has 5 rings (SSSR count). The Morgan fingerprint density at radius 2 is 1.79 bits per heavy atom. The summed E-state index contributed by atoms with van der Waals surface area (Å²) in [5.41, 5.74) is 3.94. The summed E-state index contributed by atoms with van der Waals surface area (Å²) >= 11 is 0. The molecule has 0 radical (unpaired) electrons. The second kappa shape index (κ2) is 10.1. The van der Waals surface area contributed by atoms with Gasteiger partial charge in [0.1, 0.15) is 12.6 Å². The lowest BCUT2D eigenvalue weighted by Gasteiger charge is -2.29. The molecule has 1 saturated heterocycles. The van der Waals surface area contributed by atoms with Crippen molar-refractivity contribution in [1.82, 2.24) is 10.2 Å². The van der Waals surface area contributed by atoms with Gasteiger partial charge < -0.3 is 9.64 Å². The minimum Gasteiger partial charge on any atom is -0.444 e. The van der Waals surface area contributed by atoms with E-state index in [0.717, 1.165) is 5.56 Å². The molecule has 0 spiro atoms. The van der Waals surface area contributed by atoms with E-state index < -0.39 is 18.0 Å². The summed E-state index contributed by atoms with van der Waals surface area (Å²) in [4.78, 5) is 50.1. The molecular formula is C26H29N3O5. The van der Waals surface area contributed by atoms with Crippen LogP contribution in [0.5, 0.6) is 0 Å². The van der Waals surface area contributed by atoms with Crippen molar-refractivity contribution in [3.8, 4) is 0 Å². The highest BCUT2D eigenvalue weighted by atomic mass is 16.5. The molecule has 1 unspecified atom stereocenters. The van der Waals surface area contributed by atoms with E-state index in [9.17, 15) is 19.2 Å². The van der Waals surface area contributed by atoms with Crippen LogP contribution >= 0.6 is 0 Å². The van der Waals surface area contributed by atoms with Crippen LogP contribution in [0.15, 0.2) is 42.5 Å².